The van der Waals surface area contributed by atoms with E-state index in [-0.39, 0.29) is 11.1 Å². The van der Waals surface area contributed by atoms with E-state index >= 15 is 0 Å². The van der Waals surface area contributed by atoms with Crippen LogP contribution in [0.2, 0.25) is 0 Å². The Kier molecular flexibility index (Phi) is 5.97. The van der Waals surface area contributed by atoms with Gasteiger partial charge in [-0.25, -0.2) is 14.1 Å². The fourth-order valence-corrected chi connectivity index (χ4v) is 4.20. The third-order valence-corrected chi connectivity index (χ3v) is 5.96. The third-order valence-electron chi connectivity index (χ3n) is 5.14. The Balaban J connectivity index is 1.60. The zero-order chi connectivity index (χ0) is 23.5. The summed E-state index contributed by atoms with van der Waals surface area (Å²) in [7, 11) is 1.62. The minimum atomic E-state index is -0.345. The molecule has 1 fully saturated rings. The maximum atomic E-state index is 13.3. The molecule has 168 valence electrons. The first-order valence-electron chi connectivity index (χ1n) is 10.4. The van der Waals surface area contributed by atoms with Crippen molar-refractivity contribution in [2.75, 3.05) is 7.11 Å². The van der Waals surface area contributed by atoms with Crippen LogP contribution in [0.3, 0.4) is 0 Å². The van der Waals surface area contributed by atoms with Gasteiger partial charge in [0.1, 0.15) is 17.4 Å². The number of amidine groups is 1. The lowest BCUT2D eigenvalue weighted by Crippen LogP contribution is -2.18. The number of hydrogen-bond donors (Lipinski definition) is 1. The first-order chi connectivity index (χ1) is 16.6. The van der Waals surface area contributed by atoms with E-state index < -0.39 is 0 Å². The maximum absolute atomic E-state index is 13.3. The van der Waals surface area contributed by atoms with E-state index in [1.165, 1.54) is 12.1 Å². The summed E-state index contributed by atoms with van der Waals surface area (Å²) in [6.45, 7) is 0. The Morgan fingerprint density at radius 3 is 2.47 bits per heavy atom. The molecule has 0 radical (unpaired) electrons. The van der Waals surface area contributed by atoms with E-state index in [0.29, 0.717) is 16.4 Å². The lowest BCUT2D eigenvalue weighted by Gasteiger charge is -2.03. The van der Waals surface area contributed by atoms with Gasteiger partial charge in [-0.15, -0.1) is 0 Å². The van der Waals surface area contributed by atoms with Gasteiger partial charge in [-0.3, -0.25) is 4.79 Å². The molecular formula is C26H19FN4O2S. The Morgan fingerprint density at radius 1 is 1.03 bits per heavy atom. The van der Waals surface area contributed by atoms with Gasteiger partial charge in [0, 0.05) is 17.3 Å². The van der Waals surface area contributed by atoms with Crippen LogP contribution in [-0.2, 0) is 0 Å². The topological polar surface area (TPSA) is 68.5 Å². The van der Waals surface area contributed by atoms with Crippen molar-refractivity contribution in [3.63, 3.8) is 0 Å². The first kappa shape index (κ1) is 21.7. The number of aliphatic imine (C=N–C) groups is 1. The van der Waals surface area contributed by atoms with E-state index in [4.69, 9.17) is 9.84 Å². The summed E-state index contributed by atoms with van der Waals surface area (Å²) in [5.41, 5.74) is 3.93. The second-order valence-electron chi connectivity index (χ2n) is 7.40. The van der Waals surface area contributed by atoms with Gasteiger partial charge in [-0.2, -0.15) is 5.10 Å². The zero-order valence-electron chi connectivity index (χ0n) is 18.1. The fraction of sp³-hybridized carbons (Fsp3) is 0.0385. The van der Waals surface area contributed by atoms with Crippen molar-refractivity contribution in [3.8, 4) is 22.7 Å². The van der Waals surface area contributed by atoms with Crippen LogP contribution < -0.4 is 10.1 Å². The molecule has 1 aromatic heterocycles. The highest BCUT2D eigenvalue weighted by molar-refractivity contribution is 8.18. The number of methoxy groups -OCH3 is 1. The average Bonchev–Trinajstić information content (AvgIpc) is 3.44. The second kappa shape index (κ2) is 9.36. The Morgan fingerprint density at radius 2 is 1.76 bits per heavy atom. The SMILES string of the molecule is COc1ccc(-c2nn(-c3ccccc3)cc2C=C2SC(=O)NC2=Nc2ccc(F)cc2)cc1. The molecule has 6 nitrogen and oxygen atoms in total. The molecule has 3 aromatic carbocycles. The van der Waals surface area contributed by atoms with Gasteiger partial charge >= 0.3 is 0 Å². The van der Waals surface area contributed by atoms with Crippen molar-refractivity contribution in [1.82, 2.24) is 15.1 Å². The number of hydrogen-bond acceptors (Lipinski definition) is 5. The lowest BCUT2D eigenvalue weighted by atomic mass is 10.1. The van der Waals surface area contributed by atoms with Crippen LogP contribution in [0.4, 0.5) is 14.9 Å². The van der Waals surface area contributed by atoms with E-state index in [1.807, 2.05) is 66.9 Å². The smallest absolute Gasteiger partial charge is 0.289 e. The number of benzene rings is 3. The predicted octanol–water partition coefficient (Wildman–Crippen LogP) is 6.21. The molecular weight excluding hydrogens is 451 g/mol. The monoisotopic (exact) mass is 470 g/mol. The molecule has 1 aliphatic heterocycles. The van der Waals surface area contributed by atoms with Crippen molar-refractivity contribution in [2.24, 2.45) is 4.99 Å². The molecule has 0 bridgehead atoms. The molecule has 0 atom stereocenters. The standard InChI is InChI=1S/C26H19FN4O2S/c1-33-22-13-7-17(8-14-22)24-18(16-31(30-24)21-5-3-2-4-6-21)15-23-25(29-26(32)34-23)28-20-11-9-19(27)10-12-20/h2-16H,1H3,(H,28,29,32). The summed E-state index contributed by atoms with van der Waals surface area (Å²) in [4.78, 5) is 17.3. The maximum Gasteiger partial charge on any atom is 0.289 e. The Bertz CT molecular complexity index is 1400. The molecule has 1 amide bonds. The van der Waals surface area contributed by atoms with E-state index in [9.17, 15) is 9.18 Å². The van der Waals surface area contributed by atoms with Crippen LogP contribution in [-0.4, -0.2) is 28.0 Å². The molecule has 1 aliphatic rings. The quantitative estimate of drug-likeness (QED) is 0.376. The molecule has 0 saturated carbocycles. The summed E-state index contributed by atoms with van der Waals surface area (Å²) in [5.74, 6) is 0.817. The lowest BCUT2D eigenvalue weighted by molar-refractivity contribution is 0.265. The number of carbonyl (C=O) groups is 1. The van der Waals surface area contributed by atoms with E-state index in [1.54, 1.807) is 23.9 Å². The van der Waals surface area contributed by atoms with Crippen molar-refractivity contribution < 1.29 is 13.9 Å². The van der Waals surface area contributed by atoms with Crippen LogP contribution in [0.15, 0.2) is 95.0 Å². The largest absolute Gasteiger partial charge is 0.497 e. The highest BCUT2D eigenvalue weighted by atomic mass is 32.2. The number of para-hydroxylation sites is 1. The highest BCUT2D eigenvalue weighted by Gasteiger charge is 2.25. The van der Waals surface area contributed by atoms with Gasteiger partial charge in [0.2, 0.25) is 0 Å². The van der Waals surface area contributed by atoms with Gasteiger partial charge < -0.3 is 10.1 Å². The first-order valence-corrected chi connectivity index (χ1v) is 11.3. The van der Waals surface area contributed by atoms with Crippen LogP contribution >= 0.6 is 11.8 Å². The van der Waals surface area contributed by atoms with Crippen LogP contribution in [0, 0.1) is 5.82 Å². The number of amides is 1. The minimum Gasteiger partial charge on any atom is -0.497 e. The number of nitrogens with zero attached hydrogens (tertiary/aromatic N) is 3. The molecule has 1 saturated heterocycles. The number of aromatic nitrogens is 2. The zero-order valence-corrected chi connectivity index (χ0v) is 18.9. The number of ether oxygens (including phenoxy) is 1. The predicted molar refractivity (Wildman–Crippen MR) is 133 cm³/mol. The van der Waals surface area contributed by atoms with Crippen molar-refractivity contribution in [3.05, 3.63) is 101 Å². The third kappa shape index (κ3) is 4.62. The number of nitrogens with one attached hydrogen (secondary N) is 1. The van der Waals surface area contributed by atoms with Crippen molar-refractivity contribution in [2.45, 2.75) is 0 Å². The number of carbonyl (C=O) groups excluding carboxylic acids is 1. The molecule has 0 spiro atoms. The molecule has 8 heteroatoms. The minimum absolute atomic E-state index is 0.228. The van der Waals surface area contributed by atoms with Gasteiger partial charge in [-0.1, -0.05) is 18.2 Å². The van der Waals surface area contributed by atoms with Crippen molar-refractivity contribution in [1.29, 1.82) is 0 Å². The summed E-state index contributed by atoms with van der Waals surface area (Å²) in [5, 5.41) is 7.36. The summed E-state index contributed by atoms with van der Waals surface area (Å²) in [6, 6.07) is 23.2. The molecule has 0 aliphatic carbocycles. The second-order valence-corrected chi connectivity index (χ2v) is 8.42. The molecule has 4 aromatic rings. The number of thioether (sulfide) groups is 1. The average molecular weight is 471 g/mol. The highest BCUT2D eigenvalue weighted by Crippen LogP contribution is 2.32. The summed E-state index contributed by atoms with van der Waals surface area (Å²) < 4.78 is 20.4. The van der Waals surface area contributed by atoms with Gasteiger partial charge in [-0.05, 0) is 78.5 Å². The number of rotatable bonds is 5. The van der Waals surface area contributed by atoms with Gasteiger partial charge in [0.25, 0.3) is 5.24 Å². The molecule has 5 rings (SSSR count). The molecule has 1 N–H and O–H groups in total. The number of halogens is 1. The van der Waals surface area contributed by atoms with Crippen molar-refractivity contribution >= 4 is 34.6 Å². The van der Waals surface area contributed by atoms with Crippen LogP contribution in [0.1, 0.15) is 5.56 Å². The van der Waals surface area contributed by atoms with Gasteiger partial charge in [0.15, 0.2) is 0 Å². The molecule has 0 unspecified atom stereocenters. The van der Waals surface area contributed by atoms with Crippen LogP contribution in [0.25, 0.3) is 23.0 Å². The van der Waals surface area contributed by atoms with Gasteiger partial charge in [0.05, 0.1) is 29.1 Å². The fourth-order valence-electron chi connectivity index (χ4n) is 3.48. The normalized spacial score (nSPS) is 15.6. The Hall–Kier alpha value is -4.17. The Labute approximate surface area is 199 Å². The van der Waals surface area contributed by atoms with E-state index in [0.717, 1.165) is 40.0 Å². The van der Waals surface area contributed by atoms with E-state index in [2.05, 4.69) is 10.3 Å². The summed E-state index contributed by atoms with van der Waals surface area (Å²) >= 11 is 1.06. The molecule has 2 heterocycles. The van der Waals surface area contributed by atoms with Crippen LogP contribution in [0.5, 0.6) is 5.75 Å². The molecule has 34 heavy (non-hydrogen) atoms. The summed E-state index contributed by atoms with van der Waals surface area (Å²) in [6.07, 6.45) is 3.80.